The molecule has 1 amide bonds. The maximum absolute atomic E-state index is 12.0. The molecular formula is C17H18N4O2. The Kier molecular flexibility index (Phi) is 4.42. The van der Waals surface area contributed by atoms with E-state index >= 15 is 0 Å². The molecule has 3 rings (SSSR count). The van der Waals surface area contributed by atoms with Crippen molar-refractivity contribution in [2.45, 2.75) is 0 Å². The summed E-state index contributed by atoms with van der Waals surface area (Å²) in [7, 11) is 1.60. The molecule has 0 unspecified atom stereocenters. The van der Waals surface area contributed by atoms with Crippen molar-refractivity contribution in [3.8, 4) is 5.75 Å². The third-order valence-electron chi connectivity index (χ3n) is 3.44. The first-order valence-corrected chi connectivity index (χ1v) is 7.37. The molecule has 0 aliphatic carbocycles. The lowest BCUT2D eigenvalue weighted by Gasteiger charge is -2.06. The van der Waals surface area contributed by atoms with Crippen LogP contribution in [0.2, 0.25) is 0 Å². The molecule has 3 aromatic rings. The predicted octanol–water partition coefficient (Wildman–Crippen LogP) is 2.41. The van der Waals surface area contributed by atoms with E-state index in [9.17, 15) is 4.79 Å². The molecule has 0 aliphatic heterocycles. The van der Waals surface area contributed by atoms with Gasteiger partial charge in [-0.1, -0.05) is 12.1 Å². The van der Waals surface area contributed by atoms with Gasteiger partial charge in [0.2, 0.25) is 5.95 Å². The number of ether oxygens (including phenoxy) is 1. The van der Waals surface area contributed by atoms with Crippen LogP contribution in [0.5, 0.6) is 5.75 Å². The van der Waals surface area contributed by atoms with E-state index in [-0.39, 0.29) is 5.91 Å². The maximum Gasteiger partial charge on any atom is 0.251 e. The number of anilines is 1. The number of nitrogens with zero attached hydrogens (tertiary/aromatic N) is 1. The Hall–Kier alpha value is -3.02. The molecule has 0 bridgehead atoms. The summed E-state index contributed by atoms with van der Waals surface area (Å²) in [5, 5.41) is 6.01. The van der Waals surface area contributed by atoms with Crippen molar-refractivity contribution in [3.05, 3.63) is 54.1 Å². The zero-order valence-corrected chi connectivity index (χ0v) is 12.8. The summed E-state index contributed by atoms with van der Waals surface area (Å²) in [6.45, 7) is 1.09. The van der Waals surface area contributed by atoms with E-state index in [1.165, 1.54) is 0 Å². The second-order valence-electron chi connectivity index (χ2n) is 5.01. The van der Waals surface area contributed by atoms with E-state index in [0.29, 0.717) is 24.6 Å². The first kappa shape index (κ1) is 14.9. The van der Waals surface area contributed by atoms with Gasteiger partial charge in [-0.15, -0.1) is 0 Å². The standard InChI is InChI=1S/C17H18N4O2/c1-23-13-8-6-12(7-9-13)16(22)18-10-11-19-17-20-14-4-2-3-5-15(14)21-17/h2-9H,10-11H2,1H3,(H,18,22)(H2,19,20,21). The molecule has 6 heteroatoms. The quantitative estimate of drug-likeness (QED) is 0.611. The number of aromatic nitrogens is 2. The largest absolute Gasteiger partial charge is 0.497 e. The molecule has 0 aliphatic rings. The van der Waals surface area contributed by atoms with Gasteiger partial charge in [0.1, 0.15) is 5.75 Å². The molecule has 2 aromatic carbocycles. The molecule has 0 saturated carbocycles. The highest BCUT2D eigenvalue weighted by Crippen LogP contribution is 2.13. The van der Waals surface area contributed by atoms with Gasteiger partial charge in [0.15, 0.2) is 0 Å². The molecule has 1 heterocycles. The minimum atomic E-state index is -0.112. The van der Waals surface area contributed by atoms with E-state index in [2.05, 4.69) is 20.6 Å². The number of H-pyrrole nitrogens is 1. The van der Waals surface area contributed by atoms with Gasteiger partial charge in [0.25, 0.3) is 5.91 Å². The summed E-state index contributed by atoms with van der Waals surface area (Å²) >= 11 is 0. The summed E-state index contributed by atoms with van der Waals surface area (Å²) < 4.78 is 5.07. The summed E-state index contributed by atoms with van der Waals surface area (Å²) in [5.41, 5.74) is 2.50. The minimum Gasteiger partial charge on any atom is -0.497 e. The van der Waals surface area contributed by atoms with E-state index in [1.807, 2.05) is 24.3 Å². The molecule has 0 radical (unpaired) electrons. The molecular weight excluding hydrogens is 292 g/mol. The molecule has 23 heavy (non-hydrogen) atoms. The number of imidazole rings is 1. The first-order chi connectivity index (χ1) is 11.3. The molecule has 6 nitrogen and oxygen atoms in total. The third-order valence-corrected chi connectivity index (χ3v) is 3.44. The molecule has 0 fully saturated rings. The first-order valence-electron chi connectivity index (χ1n) is 7.37. The number of para-hydroxylation sites is 2. The average molecular weight is 310 g/mol. The Labute approximate surface area is 133 Å². The van der Waals surface area contributed by atoms with Crippen molar-refractivity contribution in [2.24, 2.45) is 0 Å². The lowest BCUT2D eigenvalue weighted by molar-refractivity contribution is 0.0955. The molecule has 0 saturated heterocycles. The van der Waals surface area contributed by atoms with Crippen LogP contribution < -0.4 is 15.4 Å². The third kappa shape index (κ3) is 3.60. The Bertz CT molecular complexity index is 763. The lowest BCUT2D eigenvalue weighted by Crippen LogP contribution is -2.28. The number of aromatic amines is 1. The Morgan fingerprint density at radius 2 is 1.91 bits per heavy atom. The number of methoxy groups -OCH3 is 1. The molecule has 118 valence electrons. The number of hydrogen-bond acceptors (Lipinski definition) is 4. The smallest absolute Gasteiger partial charge is 0.251 e. The fourth-order valence-electron chi connectivity index (χ4n) is 2.24. The predicted molar refractivity (Wildman–Crippen MR) is 89.9 cm³/mol. The zero-order chi connectivity index (χ0) is 16.1. The summed E-state index contributed by atoms with van der Waals surface area (Å²) in [6, 6.07) is 14.8. The van der Waals surface area contributed by atoms with Crippen molar-refractivity contribution < 1.29 is 9.53 Å². The van der Waals surface area contributed by atoms with Crippen LogP contribution in [0.4, 0.5) is 5.95 Å². The Morgan fingerprint density at radius 3 is 2.65 bits per heavy atom. The summed E-state index contributed by atoms with van der Waals surface area (Å²) in [4.78, 5) is 19.6. The SMILES string of the molecule is COc1ccc(C(=O)NCCNc2nc3ccccc3[nH]2)cc1. The molecule has 1 aromatic heterocycles. The fourth-order valence-corrected chi connectivity index (χ4v) is 2.24. The number of nitrogens with one attached hydrogen (secondary N) is 3. The number of carbonyl (C=O) groups is 1. The topological polar surface area (TPSA) is 79.0 Å². The van der Waals surface area contributed by atoms with Crippen molar-refractivity contribution in [1.82, 2.24) is 15.3 Å². The van der Waals surface area contributed by atoms with Gasteiger partial charge in [-0.2, -0.15) is 0 Å². The van der Waals surface area contributed by atoms with Gasteiger partial charge in [-0.3, -0.25) is 4.79 Å². The maximum atomic E-state index is 12.0. The highest BCUT2D eigenvalue weighted by Gasteiger charge is 2.05. The number of benzene rings is 2. The van der Waals surface area contributed by atoms with Crippen LogP contribution in [0.15, 0.2) is 48.5 Å². The summed E-state index contributed by atoms with van der Waals surface area (Å²) in [5.74, 6) is 1.32. The van der Waals surface area contributed by atoms with Crippen LogP contribution in [-0.4, -0.2) is 36.1 Å². The van der Waals surface area contributed by atoms with Gasteiger partial charge in [-0.25, -0.2) is 4.98 Å². The van der Waals surface area contributed by atoms with Crippen LogP contribution in [0.1, 0.15) is 10.4 Å². The zero-order valence-electron chi connectivity index (χ0n) is 12.8. The van der Waals surface area contributed by atoms with E-state index < -0.39 is 0 Å². The van der Waals surface area contributed by atoms with Gasteiger partial charge in [0.05, 0.1) is 18.1 Å². The Morgan fingerprint density at radius 1 is 1.13 bits per heavy atom. The van der Waals surface area contributed by atoms with Gasteiger partial charge < -0.3 is 20.4 Å². The van der Waals surface area contributed by atoms with Crippen molar-refractivity contribution in [1.29, 1.82) is 0 Å². The molecule has 0 atom stereocenters. The molecule has 0 spiro atoms. The average Bonchev–Trinajstić information content (AvgIpc) is 3.01. The van der Waals surface area contributed by atoms with E-state index in [1.54, 1.807) is 31.4 Å². The van der Waals surface area contributed by atoms with Crippen molar-refractivity contribution in [2.75, 3.05) is 25.5 Å². The number of hydrogen-bond donors (Lipinski definition) is 3. The minimum absolute atomic E-state index is 0.112. The van der Waals surface area contributed by atoms with Crippen LogP contribution in [0.3, 0.4) is 0 Å². The van der Waals surface area contributed by atoms with E-state index in [4.69, 9.17) is 4.74 Å². The van der Waals surface area contributed by atoms with Gasteiger partial charge >= 0.3 is 0 Å². The van der Waals surface area contributed by atoms with Gasteiger partial charge in [-0.05, 0) is 36.4 Å². The second kappa shape index (κ2) is 6.83. The summed E-state index contributed by atoms with van der Waals surface area (Å²) in [6.07, 6.45) is 0. The van der Waals surface area contributed by atoms with E-state index in [0.717, 1.165) is 16.8 Å². The monoisotopic (exact) mass is 310 g/mol. The fraction of sp³-hybridized carbons (Fsp3) is 0.176. The van der Waals surface area contributed by atoms with Crippen molar-refractivity contribution >= 4 is 22.9 Å². The number of amides is 1. The molecule has 3 N–H and O–H groups in total. The van der Waals surface area contributed by atoms with Crippen LogP contribution >= 0.6 is 0 Å². The van der Waals surface area contributed by atoms with Crippen LogP contribution in [-0.2, 0) is 0 Å². The lowest BCUT2D eigenvalue weighted by atomic mass is 10.2. The number of fused-ring (bicyclic) bond motifs is 1. The van der Waals surface area contributed by atoms with Crippen LogP contribution in [0, 0.1) is 0 Å². The van der Waals surface area contributed by atoms with Crippen LogP contribution in [0.25, 0.3) is 11.0 Å². The highest BCUT2D eigenvalue weighted by molar-refractivity contribution is 5.94. The second-order valence-corrected chi connectivity index (χ2v) is 5.01. The van der Waals surface area contributed by atoms with Gasteiger partial charge in [0, 0.05) is 18.7 Å². The Balaban J connectivity index is 1.47. The number of rotatable bonds is 6. The number of carbonyl (C=O) groups excluding carboxylic acids is 1. The highest BCUT2D eigenvalue weighted by atomic mass is 16.5. The van der Waals surface area contributed by atoms with Crippen molar-refractivity contribution in [3.63, 3.8) is 0 Å². The normalized spacial score (nSPS) is 10.5.